The molecule has 2 N–H and O–H groups in total. The van der Waals surface area contributed by atoms with Crippen molar-refractivity contribution in [1.29, 1.82) is 0 Å². The molecule has 0 aliphatic carbocycles. The third-order valence-corrected chi connectivity index (χ3v) is 5.20. The van der Waals surface area contributed by atoms with Crippen molar-refractivity contribution in [1.82, 2.24) is 0 Å². The number of hydrogen-bond acceptors (Lipinski definition) is 4. The van der Waals surface area contributed by atoms with Gasteiger partial charge in [0, 0.05) is 13.7 Å². The van der Waals surface area contributed by atoms with Crippen molar-refractivity contribution in [3.8, 4) is 0 Å². The molecule has 0 saturated carbocycles. The first kappa shape index (κ1) is 13.9. The molecule has 1 aliphatic rings. The summed E-state index contributed by atoms with van der Waals surface area (Å²) in [6.07, 6.45) is 3.94. The normalized spacial score (nSPS) is 25.8. The molecule has 16 heavy (non-hydrogen) atoms. The lowest BCUT2D eigenvalue weighted by Crippen LogP contribution is -2.24. The number of sulfone groups is 1. The molecule has 5 heteroatoms. The van der Waals surface area contributed by atoms with Crippen molar-refractivity contribution >= 4 is 9.84 Å². The Morgan fingerprint density at radius 2 is 2.19 bits per heavy atom. The Bertz CT molecular complexity index is 290. The first-order chi connectivity index (χ1) is 7.59. The Hall–Kier alpha value is -0.130. The maximum absolute atomic E-state index is 11.4. The molecular formula is C11H23NO3S. The van der Waals surface area contributed by atoms with E-state index >= 15 is 0 Å². The molecule has 1 aliphatic heterocycles. The molecule has 2 atom stereocenters. The molecule has 0 aromatic carbocycles. The van der Waals surface area contributed by atoms with Gasteiger partial charge < -0.3 is 10.5 Å². The molecule has 1 saturated heterocycles. The van der Waals surface area contributed by atoms with Gasteiger partial charge in [0.2, 0.25) is 0 Å². The molecule has 1 rings (SSSR count). The first-order valence-electron chi connectivity index (χ1n) is 5.98. The van der Waals surface area contributed by atoms with Crippen LogP contribution < -0.4 is 5.73 Å². The van der Waals surface area contributed by atoms with Gasteiger partial charge in [-0.1, -0.05) is 6.42 Å². The van der Waals surface area contributed by atoms with Gasteiger partial charge in [-0.15, -0.1) is 0 Å². The summed E-state index contributed by atoms with van der Waals surface area (Å²) >= 11 is 0. The lowest BCUT2D eigenvalue weighted by atomic mass is 9.87. The number of nitrogens with two attached hydrogens (primary N) is 1. The molecular weight excluding hydrogens is 226 g/mol. The van der Waals surface area contributed by atoms with E-state index in [-0.39, 0.29) is 5.92 Å². The average Bonchev–Trinajstić information content (AvgIpc) is 2.59. The minimum absolute atomic E-state index is 0.289. The van der Waals surface area contributed by atoms with Gasteiger partial charge in [0.25, 0.3) is 0 Å². The van der Waals surface area contributed by atoms with Gasteiger partial charge in [0.05, 0.1) is 11.5 Å². The molecule has 4 nitrogen and oxygen atoms in total. The summed E-state index contributed by atoms with van der Waals surface area (Å²) in [7, 11) is -1.07. The highest BCUT2D eigenvalue weighted by Gasteiger charge is 2.32. The monoisotopic (exact) mass is 249 g/mol. The summed E-state index contributed by atoms with van der Waals surface area (Å²) < 4.78 is 27.7. The summed E-state index contributed by atoms with van der Waals surface area (Å²) in [4.78, 5) is 0. The second-order valence-electron chi connectivity index (χ2n) is 4.65. The van der Waals surface area contributed by atoms with E-state index in [4.69, 9.17) is 10.5 Å². The molecule has 96 valence electrons. The molecule has 2 unspecified atom stereocenters. The zero-order chi connectivity index (χ0) is 12.0. The van der Waals surface area contributed by atoms with Crippen LogP contribution in [0.25, 0.3) is 0 Å². The lowest BCUT2D eigenvalue weighted by Gasteiger charge is -2.20. The van der Waals surface area contributed by atoms with E-state index in [2.05, 4.69) is 0 Å². The van der Waals surface area contributed by atoms with Gasteiger partial charge in [-0.3, -0.25) is 0 Å². The van der Waals surface area contributed by atoms with E-state index in [0.29, 0.717) is 24.0 Å². The Morgan fingerprint density at radius 3 is 2.69 bits per heavy atom. The van der Waals surface area contributed by atoms with Gasteiger partial charge in [-0.2, -0.15) is 0 Å². The van der Waals surface area contributed by atoms with Crippen molar-refractivity contribution in [3.05, 3.63) is 0 Å². The van der Waals surface area contributed by atoms with E-state index in [9.17, 15) is 8.42 Å². The number of unbranched alkanes of at least 4 members (excludes halogenated alkanes) is 1. The van der Waals surface area contributed by atoms with E-state index in [0.717, 1.165) is 32.3 Å². The third-order valence-electron chi connectivity index (χ3n) is 3.41. The summed E-state index contributed by atoms with van der Waals surface area (Å²) in [5.74, 6) is 1.36. The molecule has 1 heterocycles. The summed E-state index contributed by atoms with van der Waals surface area (Å²) in [5.41, 5.74) is 5.73. The van der Waals surface area contributed by atoms with Crippen LogP contribution in [0.5, 0.6) is 0 Å². The second-order valence-corrected chi connectivity index (χ2v) is 6.88. The smallest absolute Gasteiger partial charge is 0.150 e. The van der Waals surface area contributed by atoms with Crippen LogP contribution in [0.3, 0.4) is 0 Å². The van der Waals surface area contributed by atoms with Crippen LogP contribution in [0.1, 0.15) is 25.7 Å². The lowest BCUT2D eigenvalue weighted by molar-refractivity contribution is 0.188. The average molecular weight is 249 g/mol. The van der Waals surface area contributed by atoms with E-state index in [1.807, 2.05) is 0 Å². The van der Waals surface area contributed by atoms with Gasteiger partial charge in [-0.05, 0) is 37.6 Å². The molecule has 0 spiro atoms. The predicted molar refractivity (Wildman–Crippen MR) is 65.0 cm³/mol. The quantitative estimate of drug-likeness (QED) is 0.678. The number of methoxy groups -OCH3 is 1. The Kier molecular flexibility index (Phi) is 5.72. The van der Waals surface area contributed by atoms with Gasteiger partial charge in [-0.25, -0.2) is 8.42 Å². The highest BCUT2D eigenvalue weighted by atomic mass is 32.2. The zero-order valence-corrected chi connectivity index (χ0v) is 10.8. The minimum Gasteiger partial charge on any atom is -0.385 e. The molecule has 0 bridgehead atoms. The fraction of sp³-hybridized carbons (Fsp3) is 1.00. The second kappa shape index (κ2) is 6.57. The van der Waals surface area contributed by atoms with Crippen molar-refractivity contribution in [2.45, 2.75) is 25.7 Å². The number of hydrogen-bond donors (Lipinski definition) is 1. The Labute approximate surface area is 98.5 Å². The first-order valence-corrected chi connectivity index (χ1v) is 7.80. The highest BCUT2D eigenvalue weighted by molar-refractivity contribution is 7.91. The summed E-state index contributed by atoms with van der Waals surface area (Å²) in [6.45, 7) is 1.38. The van der Waals surface area contributed by atoms with Crippen LogP contribution in [0.4, 0.5) is 0 Å². The SMILES string of the molecule is COCCCCC(CN)C1CCS(=O)(=O)C1. The molecule has 1 fully saturated rings. The van der Waals surface area contributed by atoms with Crippen molar-refractivity contribution < 1.29 is 13.2 Å². The minimum atomic E-state index is -2.77. The van der Waals surface area contributed by atoms with E-state index in [1.165, 1.54) is 0 Å². The molecule has 0 aromatic rings. The largest absolute Gasteiger partial charge is 0.385 e. The van der Waals surface area contributed by atoms with E-state index in [1.54, 1.807) is 7.11 Å². The fourth-order valence-corrected chi connectivity index (χ4v) is 4.31. The maximum Gasteiger partial charge on any atom is 0.150 e. The fourth-order valence-electron chi connectivity index (χ4n) is 2.39. The van der Waals surface area contributed by atoms with Crippen LogP contribution >= 0.6 is 0 Å². The number of ether oxygens (including phenoxy) is 1. The van der Waals surface area contributed by atoms with Crippen LogP contribution in [-0.2, 0) is 14.6 Å². The predicted octanol–water partition coefficient (Wildman–Crippen LogP) is 0.813. The van der Waals surface area contributed by atoms with Gasteiger partial charge >= 0.3 is 0 Å². The molecule has 0 radical (unpaired) electrons. The van der Waals surface area contributed by atoms with Gasteiger partial charge in [0.15, 0.2) is 9.84 Å². The van der Waals surface area contributed by atoms with Crippen molar-refractivity contribution in [2.75, 3.05) is 31.8 Å². The van der Waals surface area contributed by atoms with Crippen LogP contribution in [0, 0.1) is 11.8 Å². The van der Waals surface area contributed by atoms with Crippen molar-refractivity contribution in [3.63, 3.8) is 0 Å². The van der Waals surface area contributed by atoms with Crippen molar-refractivity contribution in [2.24, 2.45) is 17.6 Å². The van der Waals surface area contributed by atoms with Gasteiger partial charge in [0.1, 0.15) is 0 Å². The standard InChI is InChI=1S/C11H23NO3S/c1-15-6-3-2-4-10(8-12)11-5-7-16(13,14)9-11/h10-11H,2-9,12H2,1H3. The molecule has 0 aromatic heterocycles. The maximum atomic E-state index is 11.4. The topological polar surface area (TPSA) is 69.4 Å². The zero-order valence-electron chi connectivity index (χ0n) is 10.0. The molecule has 0 amide bonds. The highest BCUT2D eigenvalue weighted by Crippen LogP contribution is 2.28. The van der Waals surface area contributed by atoms with Crippen LogP contribution in [0.15, 0.2) is 0 Å². The van der Waals surface area contributed by atoms with Crippen LogP contribution in [-0.4, -0.2) is 40.2 Å². The third kappa shape index (κ3) is 4.39. The Balaban J connectivity index is 2.31. The van der Waals surface area contributed by atoms with E-state index < -0.39 is 9.84 Å². The van der Waals surface area contributed by atoms with Crippen LogP contribution in [0.2, 0.25) is 0 Å². The summed E-state index contributed by atoms with van der Waals surface area (Å²) in [6, 6.07) is 0. The Morgan fingerprint density at radius 1 is 1.44 bits per heavy atom. The summed E-state index contributed by atoms with van der Waals surface area (Å²) in [5, 5.41) is 0. The number of rotatable bonds is 7.